The van der Waals surface area contributed by atoms with Gasteiger partial charge in [0.1, 0.15) is 34.5 Å². The van der Waals surface area contributed by atoms with Crippen molar-refractivity contribution in [2.45, 2.75) is 41.5 Å². The molecule has 6 rings (SSSR count). The van der Waals surface area contributed by atoms with Crippen molar-refractivity contribution in [2.24, 2.45) is 0 Å². The standard InChI is InChI=1S/2C21H21O4P.2ClH.Ni/c2*1-16-4-10-19(11-5-16)23-26(22,24-20-12-6-17(2)7-13-20)25-21-14-8-18(3)9-15-21;;;/h2*4-15H,1-3H3;2*1H;/q;;;;+2. The number of hydrogen-bond acceptors (Lipinski definition) is 6. The van der Waals surface area contributed by atoms with Crippen LogP contribution >= 0.6 is 36.0 Å². The second-order valence-corrected chi connectivity index (χ2v) is 17.0. The topological polar surface area (TPSA) is 98.2 Å². The molecule has 0 saturated carbocycles. The number of aryl methyl sites for hydroxylation is 6. The molecule has 0 fully saturated rings. The van der Waals surface area contributed by atoms with Crippen molar-refractivity contribution >= 4 is 36.0 Å². The van der Waals surface area contributed by atoms with Gasteiger partial charge in [0.25, 0.3) is 0 Å². The predicted molar refractivity (Wildman–Crippen MR) is 220 cm³/mol. The normalized spacial score (nSPS) is 10.8. The second-order valence-electron chi connectivity index (χ2n) is 12.4. The average Bonchev–Trinajstić information content (AvgIpc) is 3.15. The van der Waals surface area contributed by atoms with Crippen LogP contribution in [0.2, 0.25) is 0 Å². The molecule has 55 heavy (non-hydrogen) atoms. The molecule has 0 radical (unpaired) electrons. The summed E-state index contributed by atoms with van der Waals surface area (Å²) in [5.41, 5.74) is 6.57. The Morgan fingerprint density at radius 2 is 0.418 bits per heavy atom. The fraction of sp³-hybridized carbons (Fsp3) is 0.143. The van der Waals surface area contributed by atoms with Gasteiger partial charge in [-0.15, -0.1) is 0 Å². The zero-order valence-electron chi connectivity index (χ0n) is 31.2. The molecule has 13 heteroatoms. The van der Waals surface area contributed by atoms with E-state index in [0.29, 0.717) is 47.2 Å². The van der Waals surface area contributed by atoms with Crippen LogP contribution in [0.25, 0.3) is 0 Å². The predicted octanol–water partition coefficient (Wildman–Crippen LogP) is 13.8. The van der Waals surface area contributed by atoms with Crippen molar-refractivity contribution < 1.29 is 48.9 Å². The Balaban J connectivity index is 0.000000228. The van der Waals surface area contributed by atoms with Gasteiger partial charge in [-0.2, -0.15) is 0 Å². The first-order chi connectivity index (χ1) is 26.2. The Morgan fingerprint density at radius 1 is 0.309 bits per heavy atom. The van der Waals surface area contributed by atoms with Crippen molar-refractivity contribution in [3.8, 4) is 34.5 Å². The molecule has 0 spiro atoms. The number of halogens is 2. The van der Waals surface area contributed by atoms with Gasteiger partial charge >= 0.3 is 48.7 Å². The molecular weight excluding hydrogens is 824 g/mol. The quantitative estimate of drug-likeness (QED) is 0.0690. The molecule has 0 aliphatic rings. The summed E-state index contributed by atoms with van der Waals surface area (Å²) in [6.45, 7) is 11.9. The summed E-state index contributed by atoms with van der Waals surface area (Å²) in [5, 5.41) is 0. The van der Waals surface area contributed by atoms with E-state index in [1.165, 1.54) is 0 Å². The van der Waals surface area contributed by atoms with Crippen molar-refractivity contribution in [3.05, 3.63) is 179 Å². The summed E-state index contributed by atoms with van der Waals surface area (Å²) in [5.74, 6) is 2.86. The van der Waals surface area contributed by atoms with Crippen LogP contribution in [0.5, 0.6) is 34.5 Å². The van der Waals surface area contributed by atoms with Crippen LogP contribution in [0.15, 0.2) is 146 Å². The fourth-order valence-electron chi connectivity index (χ4n) is 4.51. The van der Waals surface area contributed by atoms with E-state index >= 15 is 0 Å². The van der Waals surface area contributed by atoms with Crippen molar-refractivity contribution in [1.82, 2.24) is 0 Å². The molecule has 0 saturated heterocycles. The molecule has 0 heterocycles. The van der Waals surface area contributed by atoms with E-state index in [9.17, 15) is 9.13 Å². The Morgan fingerprint density at radius 3 is 0.527 bits per heavy atom. The Labute approximate surface area is 338 Å². The molecule has 0 bridgehead atoms. The van der Waals surface area contributed by atoms with Crippen LogP contribution < -0.4 is 27.1 Å². The minimum absolute atomic E-state index is 0.477. The summed E-state index contributed by atoms with van der Waals surface area (Å²) in [4.78, 5) is 0. The zero-order chi connectivity index (χ0) is 39.8. The first-order valence-corrected chi connectivity index (χ1v) is 22.6. The first-order valence-electron chi connectivity index (χ1n) is 16.9. The molecule has 0 unspecified atom stereocenters. The van der Waals surface area contributed by atoms with E-state index in [1.807, 2.05) is 114 Å². The van der Waals surface area contributed by atoms with Gasteiger partial charge < -0.3 is 27.1 Å². The maximum absolute atomic E-state index is 11.0. The summed E-state index contributed by atoms with van der Waals surface area (Å²) >= 11 is 0.569. The van der Waals surface area contributed by atoms with E-state index in [-0.39, 0.29) is 0 Å². The van der Waals surface area contributed by atoms with Crippen LogP contribution in [0.3, 0.4) is 0 Å². The summed E-state index contributed by atoms with van der Waals surface area (Å²) < 4.78 is 56.5. The Kier molecular flexibility index (Phi) is 16.6. The minimum atomic E-state index is -3.68. The number of rotatable bonds is 12. The van der Waals surface area contributed by atoms with E-state index in [1.54, 1.807) is 72.8 Å². The molecule has 8 nitrogen and oxygen atoms in total. The first kappa shape index (κ1) is 43.4. The van der Waals surface area contributed by atoms with Gasteiger partial charge in [0.2, 0.25) is 0 Å². The zero-order valence-corrected chi connectivity index (χ0v) is 35.5. The van der Waals surface area contributed by atoms with E-state index < -0.39 is 15.6 Å². The third-order valence-electron chi connectivity index (χ3n) is 7.45. The van der Waals surface area contributed by atoms with Gasteiger partial charge in [-0.1, -0.05) is 106 Å². The van der Waals surface area contributed by atoms with Crippen LogP contribution in [-0.2, 0) is 12.7 Å². The SMILES string of the molecule is Cc1ccc(OP(=[OH+])(Oc2ccc(C)cc2)Oc2ccc(C)cc2)cc1.Cc1ccc(OP(=[OH+])(Oc2ccc(C)cc2)Oc2ccc(C)cc2)cc1.[Cl][Ni][Cl]. The molecule has 2 N–H and O–H groups in total. The van der Waals surface area contributed by atoms with E-state index in [4.69, 9.17) is 47.5 Å². The van der Waals surface area contributed by atoms with Crippen LogP contribution in [0, 0.1) is 41.5 Å². The number of hydrogen-bond donors (Lipinski definition) is 0. The van der Waals surface area contributed by atoms with Gasteiger partial charge in [-0.3, -0.25) is 0 Å². The number of benzene rings is 6. The Hall–Kier alpha value is -4.35. The third-order valence-corrected chi connectivity index (χ3v) is 10.1. The van der Waals surface area contributed by atoms with Gasteiger partial charge in [-0.05, 0) is 114 Å². The monoisotopic (exact) mass is 866 g/mol. The van der Waals surface area contributed by atoms with Gasteiger partial charge in [-0.25, -0.2) is 9.13 Å². The van der Waals surface area contributed by atoms with Crippen molar-refractivity contribution in [3.63, 3.8) is 0 Å². The molecule has 0 aromatic heterocycles. The summed E-state index contributed by atoms with van der Waals surface area (Å²) in [6.07, 6.45) is 0. The van der Waals surface area contributed by atoms with E-state index in [2.05, 4.69) is 0 Å². The van der Waals surface area contributed by atoms with Crippen molar-refractivity contribution in [2.75, 3.05) is 0 Å². The Bertz CT molecular complexity index is 1750. The van der Waals surface area contributed by atoms with Crippen molar-refractivity contribution in [1.29, 1.82) is 0 Å². The molecule has 6 aromatic carbocycles. The van der Waals surface area contributed by atoms with Crippen LogP contribution in [0.1, 0.15) is 33.4 Å². The molecule has 292 valence electrons. The van der Waals surface area contributed by atoms with Gasteiger partial charge in [0, 0.05) is 0 Å². The molecule has 0 aliphatic heterocycles. The average molecular weight is 868 g/mol. The summed E-state index contributed by atoms with van der Waals surface area (Å²) in [6, 6.07) is 44.1. The third kappa shape index (κ3) is 15.4. The molecule has 0 amide bonds. The molecule has 6 aromatic rings. The van der Waals surface area contributed by atoms with Crippen LogP contribution in [0.4, 0.5) is 0 Å². The molecule has 0 aliphatic carbocycles. The van der Waals surface area contributed by atoms with Gasteiger partial charge in [0.15, 0.2) is 0 Å². The molecular formula is C42H44Cl2NiO8P2+2. The van der Waals surface area contributed by atoms with E-state index in [0.717, 1.165) is 33.4 Å². The van der Waals surface area contributed by atoms with Crippen LogP contribution in [-0.4, -0.2) is 9.13 Å². The fourth-order valence-corrected chi connectivity index (χ4v) is 7.06. The second kappa shape index (κ2) is 21.1. The molecule has 0 atom stereocenters. The maximum atomic E-state index is 11.0. The summed E-state index contributed by atoms with van der Waals surface area (Å²) in [7, 11) is 2.04. The van der Waals surface area contributed by atoms with Gasteiger partial charge in [0.05, 0.1) is 0 Å².